The average Bonchev–Trinajstić information content (AvgIpc) is 2.84. The van der Waals surface area contributed by atoms with Gasteiger partial charge in [0, 0.05) is 21.7 Å². The van der Waals surface area contributed by atoms with Crippen molar-refractivity contribution in [2.75, 3.05) is 0 Å². The van der Waals surface area contributed by atoms with Gasteiger partial charge >= 0.3 is 0 Å². The Labute approximate surface area is 237 Å². The second-order valence-corrected chi connectivity index (χ2v) is 8.88. The molecular weight excluding hydrogens is 496 g/mol. The summed E-state index contributed by atoms with van der Waals surface area (Å²) < 4.78 is 0. The first kappa shape index (κ1) is 33.8. The van der Waals surface area contributed by atoms with Crippen LogP contribution in [0.4, 0.5) is 0 Å². The summed E-state index contributed by atoms with van der Waals surface area (Å²) in [5.74, 6) is 1.54. The first-order valence-electron chi connectivity index (χ1n) is 11.9. The van der Waals surface area contributed by atoms with Crippen LogP contribution in [0.3, 0.4) is 0 Å². The van der Waals surface area contributed by atoms with Gasteiger partial charge in [0.15, 0.2) is 0 Å². The minimum Gasteiger partial charge on any atom is -0.508 e. The molecule has 37 heavy (non-hydrogen) atoms. The summed E-state index contributed by atoms with van der Waals surface area (Å²) in [4.78, 5) is 0. The van der Waals surface area contributed by atoms with Crippen molar-refractivity contribution < 1.29 is 42.1 Å². The molecule has 5 heteroatoms. The fourth-order valence-corrected chi connectivity index (χ4v) is 2.94. The summed E-state index contributed by atoms with van der Waals surface area (Å²) in [6.45, 7) is 15.6. The van der Waals surface area contributed by atoms with Crippen molar-refractivity contribution in [3.05, 3.63) is 117 Å². The first-order valence-corrected chi connectivity index (χ1v) is 11.9. The van der Waals surface area contributed by atoms with E-state index in [4.69, 9.17) is 20.4 Å². The van der Waals surface area contributed by atoms with Crippen LogP contribution >= 0.6 is 0 Å². The molecule has 0 saturated carbocycles. The Morgan fingerprint density at radius 3 is 0.595 bits per heavy atom. The van der Waals surface area contributed by atoms with Gasteiger partial charge < -0.3 is 20.4 Å². The fourth-order valence-electron chi connectivity index (χ4n) is 2.94. The summed E-state index contributed by atoms with van der Waals surface area (Å²) >= 11 is 0. The van der Waals surface area contributed by atoms with E-state index in [2.05, 4.69) is 0 Å². The third-order valence-electron chi connectivity index (χ3n) is 6.30. The third kappa shape index (κ3) is 11.2. The van der Waals surface area contributed by atoms with E-state index in [0.717, 1.165) is 44.5 Å². The van der Waals surface area contributed by atoms with E-state index in [-0.39, 0.29) is 21.7 Å². The number of benzene rings is 4. The quantitative estimate of drug-likeness (QED) is 0.172. The van der Waals surface area contributed by atoms with Crippen molar-refractivity contribution in [1.82, 2.24) is 0 Å². The van der Waals surface area contributed by atoms with Crippen LogP contribution in [-0.2, 0) is 21.7 Å². The molecule has 0 radical (unpaired) electrons. The molecule has 4 rings (SSSR count). The second-order valence-electron chi connectivity index (χ2n) is 8.88. The van der Waals surface area contributed by atoms with E-state index in [9.17, 15) is 0 Å². The van der Waals surface area contributed by atoms with Gasteiger partial charge in [0.25, 0.3) is 0 Å². The zero-order chi connectivity index (χ0) is 27.4. The van der Waals surface area contributed by atoms with Gasteiger partial charge in [0.1, 0.15) is 23.0 Å². The number of rotatable bonds is 0. The van der Waals surface area contributed by atoms with Gasteiger partial charge in [-0.2, -0.15) is 0 Å². The molecule has 0 saturated heterocycles. The molecule has 0 fully saturated rings. The van der Waals surface area contributed by atoms with Gasteiger partial charge in [-0.15, -0.1) is 0 Å². The molecule has 0 amide bonds. The molecule has 196 valence electrons. The van der Waals surface area contributed by atoms with Crippen molar-refractivity contribution >= 4 is 0 Å². The number of phenolic OH excluding ortho intramolecular Hbond substituents is 4. The number of aromatic hydroxyl groups is 4. The van der Waals surface area contributed by atoms with Gasteiger partial charge in [0.2, 0.25) is 0 Å². The van der Waals surface area contributed by atoms with E-state index < -0.39 is 0 Å². The molecule has 0 spiro atoms. The van der Waals surface area contributed by atoms with Crippen molar-refractivity contribution in [2.24, 2.45) is 0 Å². The Morgan fingerprint density at radius 1 is 0.324 bits per heavy atom. The Morgan fingerprint density at radius 2 is 0.486 bits per heavy atom. The summed E-state index contributed by atoms with van der Waals surface area (Å²) in [7, 11) is 0. The smallest absolute Gasteiger partial charge is 0.118 e. The Hall–Kier alpha value is -3.21. The fraction of sp³-hybridized carbons (Fsp3) is 0.250. The SMILES string of the molecule is Cc1cccc(O)c1C.Cc1cccc(O)c1C.Cc1cccc(O)c1C.Cc1cccc(O)c1C.[Ti]. The molecule has 0 bridgehead atoms. The standard InChI is InChI=1S/4C8H10O.Ti/c4*1-6-4-3-5-8(9)7(6)2;/h4*3-5,9H,1-2H3;. The molecule has 0 aromatic heterocycles. The van der Waals surface area contributed by atoms with Gasteiger partial charge in [-0.1, -0.05) is 48.5 Å². The maximum Gasteiger partial charge on any atom is 0.118 e. The molecule has 0 aliphatic carbocycles. The van der Waals surface area contributed by atoms with Crippen molar-refractivity contribution in [3.63, 3.8) is 0 Å². The van der Waals surface area contributed by atoms with E-state index in [1.165, 1.54) is 0 Å². The maximum absolute atomic E-state index is 9.10. The van der Waals surface area contributed by atoms with Gasteiger partial charge in [-0.25, -0.2) is 0 Å². The van der Waals surface area contributed by atoms with E-state index in [1.54, 1.807) is 24.3 Å². The molecule has 0 aliphatic rings. The monoisotopic (exact) mass is 536 g/mol. The van der Waals surface area contributed by atoms with Crippen LogP contribution < -0.4 is 0 Å². The number of hydrogen-bond acceptors (Lipinski definition) is 4. The van der Waals surface area contributed by atoms with E-state index in [1.807, 2.05) is 104 Å². The third-order valence-corrected chi connectivity index (χ3v) is 6.30. The second kappa shape index (κ2) is 16.5. The zero-order valence-electron chi connectivity index (χ0n) is 23.2. The first-order chi connectivity index (χ1) is 16.9. The van der Waals surface area contributed by atoms with Crippen molar-refractivity contribution in [2.45, 2.75) is 55.4 Å². The Kier molecular flexibility index (Phi) is 15.1. The van der Waals surface area contributed by atoms with Crippen LogP contribution in [0.25, 0.3) is 0 Å². The molecular formula is C32H40O4Ti. The number of aryl methyl sites for hydroxylation is 4. The Bertz CT molecular complexity index is 987. The van der Waals surface area contributed by atoms with E-state index in [0.29, 0.717) is 23.0 Å². The van der Waals surface area contributed by atoms with E-state index >= 15 is 0 Å². The summed E-state index contributed by atoms with van der Waals surface area (Å²) in [6, 6.07) is 22.1. The van der Waals surface area contributed by atoms with Gasteiger partial charge in [-0.05, 0) is 124 Å². The van der Waals surface area contributed by atoms with Crippen LogP contribution in [0.15, 0.2) is 72.8 Å². The zero-order valence-corrected chi connectivity index (χ0v) is 24.8. The number of phenols is 4. The molecule has 4 aromatic rings. The molecule has 0 heterocycles. The minimum atomic E-state index is 0. The van der Waals surface area contributed by atoms with Crippen molar-refractivity contribution in [3.8, 4) is 23.0 Å². The maximum atomic E-state index is 9.10. The predicted octanol–water partition coefficient (Wildman–Crippen LogP) is 8.03. The topological polar surface area (TPSA) is 80.9 Å². The predicted molar refractivity (Wildman–Crippen MR) is 150 cm³/mol. The molecule has 4 N–H and O–H groups in total. The summed E-state index contributed by atoms with van der Waals surface area (Å²) in [5, 5.41) is 36.4. The number of hydrogen-bond donors (Lipinski definition) is 4. The van der Waals surface area contributed by atoms with Crippen LogP contribution in [0.1, 0.15) is 44.5 Å². The average molecular weight is 537 g/mol. The largest absolute Gasteiger partial charge is 0.508 e. The summed E-state index contributed by atoms with van der Waals surface area (Å²) in [6.07, 6.45) is 0. The van der Waals surface area contributed by atoms with Gasteiger partial charge in [-0.3, -0.25) is 0 Å². The normalized spacial score (nSPS) is 9.30. The van der Waals surface area contributed by atoms with Crippen LogP contribution in [0.2, 0.25) is 0 Å². The van der Waals surface area contributed by atoms with Crippen LogP contribution in [0.5, 0.6) is 23.0 Å². The minimum absolute atomic E-state index is 0. The van der Waals surface area contributed by atoms with Crippen LogP contribution in [0, 0.1) is 55.4 Å². The molecule has 0 aliphatic heterocycles. The van der Waals surface area contributed by atoms with Crippen LogP contribution in [-0.4, -0.2) is 20.4 Å². The Balaban J connectivity index is 0.000000463. The molecule has 0 unspecified atom stereocenters. The molecule has 4 nitrogen and oxygen atoms in total. The van der Waals surface area contributed by atoms with Gasteiger partial charge in [0.05, 0.1) is 0 Å². The van der Waals surface area contributed by atoms with Crippen molar-refractivity contribution in [1.29, 1.82) is 0 Å². The molecule has 4 aromatic carbocycles. The summed E-state index contributed by atoms with van der Waals surface area (Å²) in [5.41, 5.74) is 8.42. The molecule has 0 atom stereocenters.